The number of amides is 1. The van der Waals surface area contributed by atoms with Gasteiger partial charge in [-0.15, -0.1) is 0 Å². The molecule has 1 saturated heterocycles. The van der Waals surface area contributed by atoms with Gasteiger partial charge in [0.15, 0.2) is 18.1 Å². The van der Waals surface area contributed by atoms with Gasteiger partial charge in [0.1, 0.15) is 11.5 Å². The summed E-state index contributed by atoms with van der Waals surface area (Å²) >= 11 is 0. The van der Waals surface area contributed by atoms with Crippen LogP contribution in [0.15, 0.2) is 36.4 Å². The number of methoxy groups -OCH3 is 2. The first-order chi connectivity index (χ1) is 14.6. The normalized spacial score (nSPS) is 17.0. The van der Waals surface area contributed by atoms with Gasteiger partial charge in [0.05, 0.1) is 25.8 Å². The average molecular weight is 413 g/mol. The number of hydrogen-bond donors (Lipinski definition) is 0. The topological polar surface area (TPSA) is 83.5 Å². The second kappa shape index (κ2) is 8.52. The minimum absolute atomic E-state index is 0.121. The van der Waals surface area contributed by atoms with Crippen LogP contribution in [-0.4, -0.2) is 50.9 Å². The van der Waals surface area contributed by atoms with Gasteiger partial charge < -0.3 is 28.6 Å². The third-order valence-corrected chi connectivity index (χ3v) is 5.30. The lowest BCUT2D eigenvalue weighted by molar-refractivity contribution is -0.135. The van der Waals surface area contributed by atoms with Gasteiger partial charge in [-0.2, -0.15) is 0 Å². The van der Waals surface area contributed by atoms with Crippen molar-refractivity contribution in [3.63, 3.8) is 0 Å². The van der Waals surface area contributed by atoms with Gasteiger partial charge in [0.25, 0.3) is 5.91 Å². The fourth-order valence-corrected chi connectivity index (χ4v) is 3.81. The van der Waals surface area contributed by atoms with E-state index in [0.29, 0.717) is 35.1 Å². The molecule has 0 saturated carbocycles. The minimum Gasteiger partial charge on any atom is -0.497 e. The lowest BCUT2D eigenvalue weighted by Gasteiger charge is -2.26. The van der Waals surface area contributed by atoms with Gasteiger partial charge in [-0.1, -0.05) is 0 Å². The Labute approximate surface area is 174 Å². The molecular formula is C22H23NO7. The van der Waals surface area contributed by atoms with Crippen LogP contribution in [-0.2, 0) is 9.53 Å². The zero-order valence-corrected chi connectivity index (χ0v) is 16.9. The highest BCUT2D eigenvalue weighted by Crippen LogP contribution is 2.39. The van der Waals surface area contributed by atoms with Crippen LogP contribution in [0.4, 0.5) is 0 Å². The quantitative estimate of drug-likeness (QED) is 0.673. The second-order valence-corrected chi connectivity index (χ2v) is 7.00. The SMILES string of the molecule is COc1ccc(OC)c([C@H]2CCCN2C(=O)COC(=O)c2ccc3c(c2)OCO3)c1. The lowest BCUT2D eigenvalue weighted by atomic mass is 10.0. The molecule has 2 aromatic carbocycles. The molecule has 1 atom stereocenters. The van der Waals surface area contributed by atoms with Crippen LogP contribution in [0.3, 0.4) is 0 Å². The molecule has 0 unspecified atom stereocenters. The largest absolute Gasteiger partial charge is 0.497 e. The van der Waals surface area contributed by atoms with Crippen molar-refractivity contribution < 1.29 is 33.3 Å². The number of nitrogens with zero attached hydrogens (tertiary/aromatic N) is 1. The van der Waals surface area contributed by atoms with Crippen LogP contribution < -0.4 is 18.9 Å². The fraction of sp³-hybridized carbons (Fsp3) is 0.364. The summed E-state index contributed by atoms with van der Waals surface area (Å²) in [5.41, 5.74) is 1.18. The number of carbonyl (C=O) groups is 2. The van der Waals surface area contributed by atoms with Crippen molar-refractivity contribution in [1.29, 1.82) is 0 Å². The Morgan fingerprint density at radius 1 is 1.07 bits per heavy atom. The minimum atomic E-state index is -0.587. The van der Waals surface area contributed by atoms with Crippen LogP contribution in [0.2, 0.25) is 0 Å². The van der Waals surface area contributed by atoms with Crippen LogP contribution in [0.25, 0.3) is 0 Å². The summed E-state index contributed by atoms with van der Waals surface area (Å²) in [6.45, 7) is 0.373. The highest BCUT2D eigenvalue weighted by Gasteiger charge is 2.32. The molecule has 1 fully saturated rings. The Morgan fingerprint density at radius 2 is 1.90 bits per heavy atom. The maximum Gasteiger partial charge on any atom is 0.338 e. The average Bonchev–Trinajstić information content (AvgIpc) is 3.45. The van der Waals surface area contributed by atoms with E-state index < -0.39 is 5.97 Å². The molecule has 0 radical (unpaired) electrons. The van der Waals surface area contributed by atoms with Crippen molar-refractivity contribution in [3.05, 3.63) is 47.5 Å². The molecule has 0 aromatic heterocycles. The Hall–Kier alpha value is -3.42. The van der Waals surface area contributed by atoms with Crippen molar-refractivity contribution in [1.82, 2.24) is 4.90 Å². The van der Waals surface area contributed by atoms with E-state index in [9.17, 15) is 9.59 Å². The molecule has 2 aliphatic heterocycles. The molecule has 0 bridgehead atoms. The predicted octanol–water partition coefficient (Wildman–Crippen LogP) is 2.95. The fourth-order valence-electron chi connectivity index (χ4n) is 3.81. The summed E-state index contributed by atoms with van der Waals surface area (Å²) in [4.78, 5) is 26.9. The number of esters is 1. The van der Waals surface area contributed by atoms with Crippen LogP contribution in [0.5, 0.6) is 23.0 Å². The van der Waals surface area contributed by atoms with Gasteiger partial charge >= 0.3 is 5.97 Å². The molecule has 2 aromatic rings. The standard InChI is InChI=1S/C22H23NO7/c1-26-15-6-8-18(27-2)16(11-15)17-4-3-9-23(17)21(24)12-28-22(25)14-5-7-19-20(10-14)30-13-29-19/h5-8,10-11,17H,3-4,9,12-13H2,1-2H3/t17-/m1/s1. The maximum absolute atomic E-state index is 12.8. The summed E-state index contributed by atoms with van der Waals surface area (Å²) in [6.07, 6.45) is 1.65. The highest BCUT2D eigenvalue weighted by atomic mass is 16.7. The Balaban J connectivity index is 1.43. The number of benzene rings is 2. The Kier molecular flexibility index (Phi) is 5.65. The van der Waals surface area contributed by atoms with E-state index in [4.69, 9.17) is 23.7 Å². The summed E-state index contributed by atoms with van der Waals surface area (Å²) in [5.74, 6) is 1.61. The van der Waals surface area contributed by atoms with Gasteiger partial charge in [0, 0.05) is 12.1 Å². The van der Waals surface area contributed by atoms with E-state index in [2.05, 4.69) is 0 Å². The first-order valence-electron chi connectivity index (χ1n) is 9.69. The first-order valence-corrected chi connectivity index (χ1v) is 9.69. The van der Waals surface area contributed by atoms with Gasteiger partial charge in [-0.25, -0.2) is 4.79 Å². The van der Waals surface area contributed by atoms with E-state index in [1.807, 2.05) is 18.2 Å². The molecule has 0 spiro atoms. The molecule has 2 aliphatic rings. The zero-order valence-electron chi connectivity index (χ0n) is 16.9. The van der Waals surface area contributed by atoms with Crippen LogP contribution >= 0.6 is 0 Å². The van der Waals surface area contributed by atoms with E-state index in [0.717, 1.165) is 18.4 Å². The molecule has 4 rings (SSSR count). The number of fused-ring (bicyclic) bond motifs is 1. The molecule has 30 heavy (non-hydrogen) atoms. The number of likely N-dealkylation sites (tertiary alicyclic amines) is 1. The Morgan fingerprint density at radius 3 is 2.70 bits per heavy atom. The van der Waals surface area contributed by atoms with E-state index >= 15 is 0 Å². The van der Waals surface area contributed by atoms with Gasteiger partial charge in [-0.3, -0.25) is 4.79 Å². The number of hydrogen-bond acceptors (Lipinski definition) is 7. The van der Waals surface area contributed by atoms with Crippen molar-refractivity contribution in [2.24, 2.45) is 0 Å². The third kappa shape index (κ3) is 3.85. The Bertz CT molecular complexity index is 958. The lowest BCUT2D eigenvalue weighted by Crippen LogP contribution is -2.34. The van der Waals surface area contributed by atoms with Crippen molar-refractivity contribution >= 4 is 11.9 Å². The molecule has 0 N–H and O–H groups in total. The number of rotatable bonds is 6. The molecule has 8 heteroatoms. The number of ether oxygens (including phenoxy) is 5. The predicted molar refractivity (Wildman–Crippen MR) is 106 cm³/mol. The highest BCUT2D eigenvalue weighted by molar-refractivity contribution is 5.92. The summed E-state index contributed by atoms with van der Waals surface area (Å²) in [7, 11) is 3.19. The third-order valence-electron chi connectivity index (χ3n) is 5.30. The molecular weight excluding hydrogens is 390 g/mol. The molecule has 158 valence electrons. The molecule has 1 amide bonds. The zero-order chi connectivity index (χ0) is 21.1. The van der Waals surface area contributed by atoms with Crippen LogP contribution in [0, 0.1) is 0 Å². The van der Waals surface area contributed by atoms with Crippen molar-refractivity contribution in [2.75, 3.05) is 34.2 Å². The van der Waals surface area contributed by atoms with Gasteiger partial charge in [0.2, 0.25) is 6.79 Å². The van der Waals surface area contributed by atoms with Crippen molar-refractivity contribution in [2.45, 2.75) is 18.9 Å². The summed E-state index contributed by atoms with van der Waals surface area (Å²) in [5, 5.41) is 0. The second-order valence-electron chi connectivity index (χ2n) is 7.00. The molecule has 8 nitrogen and oxygen atoms in total. The van der Waals surface area contributed by atoms with E-state index in [1.165, 1.54) is 0 Å². The maximum atomic E-state index is 12.8. The van der Waals surface area contributed by atoms with E-state index in [-0.39, 0.29) is 25.3 Å². The van der Waals surface area contributed by atoms with E-state index in [1.54, 1.807) is 37.3 Å². The molecule has 2 heterocycles. The smallest absolute Gasteiger partial charge is 0.338 e. The van der Waals surface area contributed by atoms with Crippen molar-refractivity contribution in [3.8, 4) is 23.0 Å². The monoisotopic (exact) mass is 413 g/mol. The number of carbonyl (C=O) groups excluding carboxylic acids is 2. The summed E-state index contributed by atoms with van der Waals surface area (Å²) in [6, 6.07) is 10.1. The van der Waals surface area contributed by atoms with Gasteiger partial charge in [-0.05, 0) is 49.2 Å². The van der Waals surface area contributed by atoms with Crippen LogP contribution in [0.1, 0.15) is 34.8 Å². The first kappa shape index (κ1) is 19.9. The summed E-state index contributed by atoms with van der Waals surface area (Å²) < 4.78 is 26.6. The molecule has 0 aliphatic carbocycles.